The van der Waals surface area contributed by atoms with Gasteiger partial charge in [-0.25, -0.2) is 9.79 Å². The maximum Gasteiger partial charge on any atom is 0.344 e. The number of esters is 1. The van der Waals surface area contributed by atoms with Crippen LogP contribution in [0.25, 0.3) is 6.08 Å². The van der Waals surface area contributed by atoms with Crippen molar-refractivity contribution in [3.8, 4) is 17.2 Å². The van der Waals surface area contributed by atoms with E-state index >= 15 is 0 Å². The average molecular weight is 442 g/mol. The predicted octanol–water partition coefficient (Wildman–Crippen LogP) is 4.91. The number of benzene rings is 2. The number of carbonyl (C=O) groups excluding carboxylic acids is 1. The van der Waals surface area contributed by atoms with Gasteiger partial charge in [-0.3, -0.25) is 0 Å². The van der Waals surface area contributed by atoms with Crippen molar-refractivity contribution >= 4 is 34.5 Å². The van der Waals surface area contributed by atoms with Crippen LogP contribution < -0.4 is 14.2 Å². The molecule has 2 aromatic carbocycles. The lowest BCUT2D eigenvalue weighted by Crippen LogP contribution is -2.12. The Balaban J connectivity index is 2.06. The SMILES string of the molecule is CCOC(=O)C1=C(O)C(=Cc2cccc(OC)c2OC)SC1=Nc1ccc(OC)cc1. The van der Waals surface area contributed by atoms with Gasteiger partial charge in [-0.05, 0) is 43.3 Å². The molecule has 1 aliphatic rings. The Morgan fingerprint density at radius 1 is 1.06 bits per heavy atom. The molecule has 0 radical (unpaired) electrons. The maximum absolute atomic E-state index is 12.6. The topological polar surface area (TPSA) is 86.6 Å². The predicted molar refractivity (Wildman–Crippen MR) is 121 cm³/mol. The first-order valence-corrected chi connectivity index (χ1v) is 10.3. The number of aliphatic hydroxyl groups is 1. The molecule has 0 aromatic heterocycles. The fraction of sp³-hybridized carbons (Fsp3) is 0.217. The van der Waals surface area contributed by atoms with E-state index in [1.165, 1.54) is 18.9 Å². The van der Waals surface area contributed by atoms with Crippen LogP contribution in [0.15, 0.2) is 63.7 Å². The Hall–Kier alpha value is -3.39. The van der Waals surface area contributed by atoms with E-state index in [9.17, 15) is 9.90 Å². The minimum Gasteiger partial charge on any atom is -0.506 e. The molecule has 0 aliphatic carbocycles. The molecule has 7 nitrogen and oxygen atoms in total. The zero-order chi connectivity index (χ0) is 22.4. The number of hydrogen-bond acceptors (Lipinski definition) is 8. The molecule has 0 spiro atoms. The van der Waals surface area contributed by atoms with Crippen LogP contribution in [0.1, 0.15) is 12.5 Å². The fourth-order valence-electron chi connectivity index (χ4n) is 2.93. The summed E-state index contributed by atoms with van der Waals surface area (Å²) in [5.74, 6) is 0.935. The van der Waals surface area contributed by atoms with Crippen molar-refractivity contribution in [3.63, 3.8) is 0 Å². The molecule has 1 N–H and O–H groups in total. The molecule has 0 saturated carbocycles. The zero-order valence-electron chi connectivity index (χ0n) is 17.7. The lowest BCUT2D eigenvalue weighted by atomic mass is 10.1. The molecule has 0 bridgehead atoms. The normalized spacial score (nSPS) is 16.0. The van der Waals surface area contributed by atoms with Crippen LogP contribution in [0.5, 0.6) is 17.2 Å². The highest BCUT2D eigenvalue weighted by atomic mass is 32.2. The maximum atomic E-state index is 12.6. The van der Waals surface area contributed by atoms with Gasteiger partial charge in [0.2, 0.25) is 0 Å². The van der Waals surface area contributed by atoms with E-state index in [0.717, 1.165) is 0 Å². The van der Waals surface area contributed by atoms with Crippen molar-refractivity contribution in [2.24, 2.45) is 4.99 Å². The van der Waals surface area contributed by atoms with E-state index in [4.69, 9.17) is 18.9 Å². The lowest BCUT2D eigenvalue weighted by Gasteiger charge is -2.10. The van der Waals surface area contributed by atoms with Gasteiger partial charge >= 0.3 is 5.97 Å². The van der Waals surface area contributed by atoms with Crippen LogP contribution in [0.4, 0.5) is 5.69 Å². The highest BCUT2D eigenvalue weighted by Crippen LogP contribution is 2.42. The number of aliphatic hydroxyl groups excluding tert-OH is 1. The van der Waals surface area contributed by atoms with Gasteiger partial charge in [-0.1, -0.05) is 23.9 Å². The minimum absolute atomic E-state index is 0.0239. The Morgan fingerprint density at radius 2 is 1.81 bits per heavy atom. The van der Waals surface area contributed by atoms with E-state index < -0.39 is 5.97 Å². The Kier molecular flexibility index (Phi) is 7.25. The Bertz CT molecular complexity index is 1060. The van der Waals surface area contributed by atoms with E-state index in [1.807, 2.05) is 12.1 Å². The van der Waals surface area contributed by atoms with Crippen molar-refractivity contribution in [1.82, 2.24) is 0 Å². The van der Waals surface area contributed by atoms with Crippen molar-refractivity contribution < 1.29 is 28.8 Å². The second-order valence-electron chi connectivity index (χ2n) is 6.25. The first-order valence-electron chi connectivity index (χ1n) is 9.46. The summed E-state index contributed by atoms with van der Waals surface area (Å²) in [5, 5.41) is 11.2. The highest BCUT2D eigenvalue weighted by Gasteiger charge is 2.33. The number of nitrogens with zero attached hydrogens (tertiary/aromatic N) is 1. The van der Waals surface area contributed by atoms with Crippen LogP contribution >= 0.6 is 11.8 Å². The number of methoxy groups -OCH3 is 3. The molecule has 3 rings (SSSR count). The Morgan fingerprint density at radius 3 is 2.42 bits per heavy atom. The number of thioether (sulfide) groups is 1. The van der Waals surface area contributed by atoms with Crippen molar-refractivity contribution in [1.29, 1.82) is 0 Å². The summed E-state index contributed by atoms with van der Waals surface area (Å²) in [7, 11) is 4.67. The molecule has 0 atom stereocenters. The Labute approximate surface area is 185 Å². The highest BCUT2D eigenvalue weighted by molar-refractivity contribution is 8.18. The van der Waals surface area contributed by atoms with E-state index in [0.29, 0.717) is 38.4 Å². The lowest BCUT2D eigenvalue weighted by molar-refractivity contribution is -0.138. The molecular formula is C23H23NO6S. The minimum atomic E-state index is -0.638. The summed E-state index contributed by atoms with van der Waals surface area (Å²) < 4.78 is 21.1. The van der Waals surface area contributed by atoms with E-state index in [1.54, 1.807) is 57.6 Å². The van der Waals surface area contributed by atoms with Gasteiger partial charge in [-0.15, -0.1) is 0 Å². The third kappa shape index (κ3) is 4.86. The van der Waals surface area contributed by atoms with E-state index in [2.05, 4.69) is 4.99 Å². The molecule has 0 amide bonds. The molecule has 1 aliphatic heterocycles. The molecule has 8 heteroatoms. The monoisotopic (exact) mass is 441 g/mol. The van der Waals surface area contributed by atoms with Gasteiger partial charge in [0.25, 0.3) is 0 Å². The van der Waals surface area contributed by atoms with Crippen LogP contribution in [0, 0.1) is 0 Å². The van der Waals surface area contributed by atoms with Crippen molar-refractivity contribution in [3.05, 3.63) is 64.3 Å². The third-order valence-electron chi connectivity index (χ3n) is 4.39. The quantitative estimate of drug-likeness (QED) is 0.611. The van der Waals surface area contributed by atoms with Gasteiger partial charge in [-0.2, -0.15) is 0 Å². The summed E-state index contributed by atoms with van der Waals surface area (Å²) in [6.07, 6.45) is 1.72. The number of carbonyl (C=O) groups is 1. The van der Waals surface area contributed by atoms with Crippen LogP contribution in [0.2, 0.25) is 0 Å². The van der Waals surface area contributed by atoms with Gasteiger partial charge in [0.1, 0.15) is 22.1 Å². The van der Waals surface area contributed by atoms with Crippen molar-refractivity contribution in [2.75, 3.05) is 27.9 Å². The van der Waals surface area contributed by atoms with E-state index in [-0.39, 0.29) is 17.9 Å². The number of ether oxygens (including phenoxy) is 4. The fourth-order valence-corrected chi connectivity index (χ4v) is 3.96. The summed E-state index contributed by atoms with van der Waals surface area (Å²) in [6.45, 7) is 1.88. The molecule has 0 unspecified atom stereocenters. The second-order valence-corrected chi connectivity index (χ2v) is 7.28. The molecule has 0 fully saturated rings. The smallest absolute Gasteiger partial charge is 0.344 e. The van der Waals surface area contributed by atoms with Gasteiger partial charge < -0.3 is 24.1 Å². The number of para-hydroxylation sites is 1. The largest absolute Gasteiger partial charge is 0.506 e. The molecule has 31 heavy (non-hydrogen) atoms. The number of aliphatic imine (C=N–C) groups is 1. The van der Waals surface area contributed by atoms with Crippen LogP contribution in [0.3, 0.4) is 0 Å². The third-order valence-corrected chi connectivity index (χ3v) is 5.41. The van der Waals surface area contributed by atoms with Crippen molar-refractivity contribution in [2.45, 2.75) is 6.92 Å². The summed E-state index contributed by atoms with van der Waals surface area (Å²) in [4.78, 5) is 17.5. The van der Waals surface area contributed by atoms with Gasteiger partial charge in [0.05, 0.1) is 38.5 Å². The molecule has 162 valence electrons. The summed E-state index contributed by atoms with van der Waals surface area (Å²) in [6, 6.07) is 12.5. The van der Waals surface area contributed by atoms with Gasteiger partial charge in [0, 0.05) is 5.56 Å². The summed E-state index contributed by atoms with van der Waals surface area (Å²) in [5.41, 5.74) is 1.32. The van der Waals surface area contributed by atoms with Gasteiger partial charge in [0.15, 0.2) is 11.5 Å². The summed E-state index contributed by atoms with van der Waals surface area (Å²) >= 11 is 1.17. The van der Waals surface area contributed by atoms with Crippen LogP contribution in [-0.4, -0.2) is 44.1 Å². The number of rotatable bonds is 7. The molecule has 0 saturated heterocycles. The average Bonchev–Trinajstić information content (AvgIpc) is 3.08. The second kappa shape index (κ2) is 10.1. The molecular weight excluding hydrogens is 418 g/mol. The zero-order valence-corrected chi connectivity index (χ0v) is 18.5. The first-order chi connectivity index (χ1) is 15.0. The number of hydrogen-bond donors (Lipinski definition) is 1. The standard InChI is InChI=1S/C23H23NO6S/c1-5-30-23(26)19-20(25)18(13-14-7-6-8-17(28-3)21(14)29-4)31-22(19)24-15-9-11-16(27-2)12-10-15/h6-13,25H,5H2,1-4H3. The molecule has 1 heterocycles. The molecule has 2 aromatic rings. The first kappa shape index (κ1) is 22.3. The van der Waals surface area contributed by atoms with Crippen LogP contribution in [-0.2, 0) is 9.53 Å².